The highest BCUT2D eigenvalue weighted by Gasteiger charge is 2.13. The summed E-state index contributed by atoms with van der Waals surface area (Å²) in [6.07, 6.45) is 3.06. The van der Waals surface area contributed by atoms with E-state index < -0.39 is 0 Å². The van der Waals surface area contributed by atoms with Crippen molar-refractivity contribution < 1.29 is 9.47 Å². The summed E-state index contributed by atoms with van der Waals surface area (Å²) >= 11 is 1.81. The van der Waals surface area contributed by atoms with Crippen molar-refractivity contribution in [1.82, 2.24) is 0 Å². The molecular formula is C13H21NO2S. The van der Waals surface area contributed by atoms with E-state index in [0.29, 0.717) is 0 Å². The molecule has 1 rings (SSSR count). The van der Waals surface area contributed by atoms with Gasteiger partial charge in [-0.25, -0.2) is 0 Å². The van der Waals surface area contributed by atoms with Crippen molar-refractivity contribution >= 4 is 11.8 Å². The minimum absolute atomic E-state index is 0.0576. The van der Waals surface area contributed by atoms with Crippen LogP contribution in [-0.4, -0.2) is 26.2 Å². The topological polar surface area (TPSA) is 44.5 Å². The van der Waals surface area contributed by atoms with Gasteiger partial charge in [0.2, 0.25) is 0 Å². The maximum absolute atomic E-state index is 6.19. The van der Waals surface area contributed by atoms with Crippen LogP contribution >= 0.6 is 11.8 Å². The molecule has 0 heterocycles. The van der Waals surface area contributed by atoms with Crippen molar-refractivity contribution in [3.05, 3.63) is 23.3 Å². The predicted molar refractivity (Wildman–Crippen MR) is 74.2 cm³/mol. The van der Waals surface area contributed by atoms with Crippen LogP contribution in [0, 0.1) is 6.92 Å². The molecule has 3 nitrogen and oxygen atoms in total. The molecule has 1 unspecified atom stereocenters. The molecule has 0 fully saturated rings. The van der Waals surface area contributed by atoms with Crippen LogP contribution in [0.4, 0.5) is 0 Å². The lowest BCUT2D eigenvalue weighted by molar-refractivity contribution is 0.354. The first-order valence-corrected chi connectivity index (χ1v) is 7.00. The zero-order valence-electron chi connectivity index (χ0n) is 10.9. The van der Waals surface area contributed by atoms with Gasteiger partial charge in [-0.15, -0.1) is 0 Å². The molecule has 0 saturated carbocycles. The van der Waals surface area contributed by atoms with Gasteiger partial charge < -0.3 is 15.2 Å². The van der Waals surface area contributed by atoms with Crippen LogP contribution in [0.2, 0.25) is 0 Å². The summed E-state index contributed by atoms with van der Waals surface area (Å²) in [5.74, 6) is 2.56. The van der Waals surface area contributed by atoms with E-state index in [-0.39, 0.29) is 6.04 Å². The fraction of sp³-hybridized carbons (Fsp3) is 0.538. The Labute approximate surface area is 108 Å². The van der Waals surface area contributed by atoms with Crippen LogP contribution in [0.15, 0.2) is 12.1 Å². The Balaban J connectivity index is 2.99. The second kappa shape index (κ2) is 6.77. The first-order chi connectivity index (χ1) is 8.13. The van der Waals surface area contributed by atoms with E-state index >= 15 is 0 Å². The zero-order valence-corrected chi connectivity index (χ0v) is 11.8. The molecule has 1 aromatic rings. The highest BCUT2D eigenvalue weighted by molar-refractivity contribution is 7.98. The number of benzene rings is 1. The van der Waals surface area contributed by atoms with Gasteiger partial charge in [0.15, 0.2) is 11.5 Å². The van der Waals surface area contributed by atoms with Gasteiger partial charge in [-0.3, -0.25) is 0 Å². The number of methoxy groups -OCH3 is 2. The molecule has 0 saturated heterocycles. The van der Waals surface area contributed by atoms with Gasteiger partial charge in [0, 0.05) is 6.04 Å². The van der Waals surface area contributed by atoms with E-state index in [9.17, 15) is 0 Å². The lowest BCUT2D eigenvalue weighted by atomic mass is 9.99. The molecule has 0 bridgehead atoms. The number of ether oxygens (including phenoxy) is 2. The molecule has 2 N–H and O–H groups in total. The van der Waals surface area contributed by atoms with Crippen molar-refractivity contribution in [3.8, 4) is 11.5 Å². The predicted octanol–water partition coefficient (Wildman–Crippen LogP) is 2.77. The van der Waals surface area contributed by atoms with Crippen LogP contribution in [0.3, 0.4) is 0 Å². The maximum Gasteiger partial charge on any atom is 0.161 e. The largest absolute Gasteiger partial charge is 0.493 e. The van der Waals surface area contributed by atoms with Gasteiger partial charge in [0.1, 0.15) is 0 Å². The fourth-order valence-electron chi connectivity index (χ4n) is 1.80. The van der Waals surface area contributed by atoms with E-state index in [1.54, 1.807) is 14.2 Å². The molecule has 1 atom stereocenters. The molecule has 0 radical (unpaired) electrons. The van der Waals surface area contributed by atoms with Crippen molar-refractivity contribution in [2.75, 3.05) is 26.2 Å². The lowest BCUT2D eigenvalue weighted by Crippen LogP contribution is -2.13. The molecule has 96 valence electrons. The zero-order chi connectivity index (χ0) is 12.8. The SMILES string of the molecule is COc1cc(C)c(C(N)CCSC)cc1OC. The summed E-state index contributed by atoms with van der Waals surface area (Å²) in [5.41, 5.74) is 8.47. The molecule has 17 heavy (non-hydrogen) atoms. The first kappa shape index (κ1) is 14.2. The maximum atomic E-state index is 6.19. The molecule has 4 heteroatoms. The van der Waals surface area contributed by atoms with Crippen molar-refractivity contribution in [3.63, 3.8) is 0 Å². The second-order valence-electron chi connectivity index (χ2n) is 3.95. The summed E-state index contributed by atoms with van der Waals surface area (Å²) in [4.78, 5) is 0. The van der Waals surface area contributed by atoms with Crippen LogP contribution in [0.5, 0.6) is 11.5 Å². The van der Waals surface area contributed by atoms with Crippen molar-refractivity contribution in [2.45, 2.75) is 19.4 Å². The number of hydrogen-bond acceptors (Lipinski definition) is 4. The lowest BCUT2D eigenvalue weighted by Gasteiger charge is -2.17. The molecule has 1 aromatic carbocycles. The first-order valence-electron chi connectivity index (χ1n) is 5.61. The van der Waals surface area contributed by atoms with E-state index in [1.807, 2.05) is 23.9 Å². The number of rotatable bonds is 6. The van der Waals surface area contributed by atoms with Crippen LogP contribution in [-0.2, 0) is 0 Å². The fourth-order valence-corrected chi connectivity index (χ4v) is 2.29. The Bertz CT molecular complexity index is 369. The van der Waals surface area contributed by atoms with Crippen molar-refractivity contribution in [1.29, 1.82) is 0 Å². The smallest absolute Gasteiger partial charge is 0.161 e. The molecule has 0 aliphatic heterocycles. The minimum atomic E-state index is 0.0576. The van der Waals surface area contributed by atoms with E-state index in [0.717, 1.165) is 34.8 Å². The summed E-state index contributed by atoms with van der Waals surface area (Å²) in [5, 5.41) is 0. The third-order valence-electron chi connectivity index (χ3n) is 2.80. The molecule has 0 spiro atoms. The highest BCUT2D eigenvalue weighted by atomic mass is 32.2. The molecule has 0 amide bonds. The van der Waals surface area contributed by atoms with Crippen molar-refractivity contribution in [2.24, 2.45) is 5.73 Å². The standard InChI is InChI=1S/C13H21NO2S/c1-9-7-12(15-2)13(16-3)8-10(9)11(14)5-6-17-4/h7-8,11H,5-6,14H2,1-4H3. The summed E-state index contributed by atoms with van der Waals surface area (Å²) in [7, 11) is 3.29. The third-order valence-corrected chi connectivity index (χ3v) is 3.45. The van der Waals surface area contributed by atoms with Crippen LogP contribution in [0.25, 0.3) is 0 Å². The molecular weight excluding hydrogens is 234 g/mol. The second-order valence-corrected chi connectivity index (χ2v) is 4.94. The minimum Gasteiger partial charge on any atom is -0.493 e. The Kier molecular flexibility index (Phi) is 5.65. The Morgan fingerprint density at radius 3 is 2.35 bits per heavy atom. The Morgan fingerprint density at radius 2 is 1.82 bits per heavy atom. The highest BCUT2D eigenvalue weighted by Crippen LogP contribution is 2.33. The van der Waals surface area contributed by atoms with Gasteiger partial charge >= 0.3 is 0 Å². The molecule has 0 aromatic heterocycles. The number of nitrogens with two attached hydrogens (primary N) is 1. The van der Waals surface area contributed by atoms with E-state index in [1.165, 1.54) is 0 Å². The average Bonchev–Trinajstić information content (AvgIpc) is 2.35. The summed E-state index contributed by atoms with van der Waals surface area (Å²) < 4.78 is 10.6. The van der Waals surface area contributed by atoms with Crippen LogP contribution in [0.1, 0.15) is 23.6 Å². The summed E-state index contributed by atoms with van der Waals surface area (Å²) in [6, 6.07) is 4.02. The van der Waals surface area contributed by atoms with Gasteiger partial charge in [-0.1, -0.05) is 0 Å². The third kappa shape index (κ3) is 3.54. The average molecular weight is 255 g/mol. The number of aryl methyl sites for hydroxylation is 1. The van der Waals surface area contributed by atoms with Gasteiger partial charge in [-0.05, 0) is 48.6 Å². The number of hydrogen-bond donors (Lipinski definition) is 1. The molecule has 0 aliphatic carbocycles. The van der Waals surface area contributed by atoms with Gasteiger partial charge in [-0.2, -0.15) is 11.8 Å². The normalized spacial score (nSPS) is 12.3. The van der Waals surface area contributed by atoms with Crippen LogP contribution < -0.4 is 15.2 Å². The number of thioether (sulfide) groups is 1. The van der Waals surface area contributed by atoms with Gasteiger partial charge in [0.25, 0.3) is 0 Å². The summed E-state index contributed by atoms with van der Waals surface area (Å²) in [6.45, 7) is 2.05. The monoisotopic (exact) mass is 255 g/mol. The molecule has 0 aliphatic rings. The van der Waals surface area contributed by atoms with Gasteiger partial charge in [0.05, 0.1) is 14.2 Å². The quantitative estimate of drug-likeness (QED) is 0.849. The Morgan fingerprint density at radius 1 is 1.24 bits per heavy atom. The van der Waals surface area contributed by atoms with E-state index in [4.69, 9.17) is 15.2 Å². The van der Waals surface area contributed by atoms with E-state index in [2.05, 4.69) is 13.2 Å². The Hall–Kier alpha value is -0.870.